The van der Waals surface area contributed by atoms with Crippen LogP contribution in [0.4, 0.5) is 0 Å². The smallest absolute Gasteiger partial charge is 0.270 e. The van der Waals surface area contributed by atoms with Gasteiger partial charge < -0.3 is 10.1 Å². The molecule has 0 unspecified atom stereocenters. The molecule has 138 valence electrons. The fourth-order valence-electron chi connectivity index (χ4n) is 2.65. The molecule has 0 radical (unpaired) electrons. The summed E-state index contributed by atoms with van der Waals surface area (Å²) in [6.45, 7) is 1.22. The first-order valence-electron chi connectivity index (χ1n) is 8.89. The molecule has 0 aliphatic heterocycles. The van der Waals surface area contributed by atoms with Crippen molar-refractivity contribution in [3.8, 4) is 16.3 Å². The van der Waals surface area contributed by atoms with E-state index in [1.165, 1.54) is 24.2 Å². The number of carbonyl (C=O) groups excluding carboxylic acids is 1. The van der Waals surface area contributed by atoms with Crippen LogP contribution in [-0.4, -0.2) is 17.4 Å². The SMILES string of the molecule is O=C(NCC1CC1)c1csc(-c2ccc(OCc3cccc(Cl)c3)cc2)n1. The van der Waals surface area contributed by atoms with E-state index < -0.39 is 0 Å². The molecule has 1 fully saturated rings. The maximum atomic E-state index is 12.1. The summed E-state index contributed by atoms with van der Waals surface area (Å²) >= 11 is 7.46. The van der Waals surface area contributed by atoms with Crippen molar-refractivity contribution < 1.29 is 9.53 Å². The Bertz CT molecular complexity index is 935. The fraction of sp³-hybridized carbons (Fsp3) is 0.238. The standard InChI is InChI=1S/C21H19ClN2O2S/c22-17-3-1-2-15(10-17)12-26-18-8-6-16(7-9-18)21-24-19(13-27-21)20(25)23-11-14-4-5-14/h1-3,6-10,13-14H,4-5,11-12H2,(H,23,25). The lowest BCUT2D eigenvalue weighted by Crippen LogP contribution is -2.25. The number of nitrogens with one attached hydrogen (secondary N) is 1. The van der Waals surface area contributed by atoms with Crippen molar-refractivity contribution in [2.45, 2.75) is 19.4 Å². The minimum atomic E-state index is -0.0918. The Kier molecular flexibility index (Phi) is 5.41. The first kappa shape index (κ1) is 18.0. The molecule has 2 aromatic carbocycles. The molecule has 1 aliphatic rings. The van der Waals surface area contributed by atoms with Gasteiger partial charge in [-0.1, -0.05) is 23.7 Å². The van der Waals surface area contributed by atoms with Crippen molar-refractivity contribution in [2.75, 3.05) is 6.54 Å². The van der Waals surface area contributed by atoms with E-state index in [2.05, 4.69) is 10.3 Å². The van der Waals surface area contributed by atoms with Crippen molar-refractivity contribution in [3.63, 3.8) is 0 Å². The van der Waals surface area contributed by atoms with Crippen molar-refractivity contribution in [3.05, 3.63) is 70.2 Å². The van der Waals surface area contributed by atoms with Crippen LogP contribution in [0, 0.1) is 5.92 Å². The van der Waals surface area contributed by atoms with Gasteiger partial charge in [-0.15, -0.1) is 11.3 Å². The molecule has 6 heteroatoms. The van der Waals surface area contributed by atoms with Crippen LogP contribution in [0.3, 0.4) is 0 Å². The van der Waals surface area contributed by atoms with Gasteiger partial charge in [0.25, 0.3) is 5.91 Å². The number of benzene rings is 2. The Morgan fingerprint density at radius 3 is 2.78 bits per heavy atom. The van der Waals surface area contributed by atoms with E-state index in [1.807, 2.05) is 48.5 Å². The Morgan fingerprint density at radius 1 is 1.22 bits per heavy atom. The molecule has 1 saturated carbocycles. The molecule has 1 N–H and O–H groups in total. The second-order valence-electron chi connectivity index (χ2n) is 6.63. The van der Waals surface area contributed by atoms with Crippen molar-refractivity contribution in [1.29, 1.82) is 0 Å². The van der Waals surface area contributed by atoms with Crippen LogP contribution in [-0.2, 0) is 6.61 Å². The van der Waals surface area contributed by atoms with Gasteiger partial charge in [-0.2, -0.15) is 0 Å². The van der Waals surface area contributed by atoms with Crippen LogP contribution in [0.25, 0.3) is 10.6 Å². The van der Waals surface area contributed by atoms with E-state index in [-0.39, 0.29) is 5.91 Å². The second-order valence-corrected chi connectivity index (χ2v) is 7.93. The summed E-state index contributed by atoms with van der Waals surface area (Å²) in [5.74, 6) is 1.34. The number of aromatic nitrogens is 1. The van der Waals surface area contributed by atoms with Gasteiger partial charge >= 0.3 is 0 Å². The average molecular weight is 399 g/mol. The number of carbonyl (C=O) groups is 1. The van der Waals surface area contributed by atoms with Gasteiger partial charge in [0.05, 0.1) is 0 Å². The normalized spacial score (nSPS) is 13.4. The molecule has 0 bridgehead atoms. The van der Waals surface area contributed by atoms with Gasteiger partial charge in [0.15, 0.2) is 0 Å². The lowest BCUT2D eigenvalue weighted by Gasteiger charge is -2.07. The van der Waals surface area contributed by atoms with Crippen LogP contribution in [0.15, 0.2) is 53.9 Å². The number of thiazole rings is 1. The highest BCUT2D eigenvalue weighted by Crippen LogP contribution is 2.28. The minimum absolute atomic E-state index is 0.0918. The Morgan fingerprint density at radius 2 is 2.04 bits per heavy atom. The highest BCUT2D eigenvalue weighted by Gasteiger charge is 2.22. The largest absolute Gasteiger partial charge is 0.489 e. The predicted molar refractivity (Wildman–Crippen MR) is 108 cm³/mol. The van der Waals surface area contributed by atoms with E-state index >= 15 is 0 Å². The topological polar surface area (TPSA) is 51.2 Å². The van der Waals surface area contributed by atoms with Crippen LogP contribution in [0.2, 0.25) is 5.02 Å². The average Bonchev–Trinajstić information content (AvgIpc) is 3.39. The van der Waals surface area contributed by atoms with Gasteiger partial charge in [-0.3, -0.25) is 4.79 Å². The Hall–Kier alpha value is -2.37. The van der Waals surface area contributed by atoms with Crippen molar-refractivity contribution in [1.82, 2.24) is 10.3 Å². The molecule has 4 nitrogen and oxygen atoms in total. The first-order valence-corrected chi connectivity index (χ1v) is 10.1. The summed E-state index contributed by atoms with van der Waals surface area (Å²) in [6, 6.07) is 15.4. The van der Waals surface area contributed by atoms with Crippen molar-refractivity contribution >= 4 is 28.8 Å². The third-order valence-electron chi connectivity index (χ3n) is 4.38. The van der Waals surface area contributed by atoms with Crippen LogP contribution >= 0.6 is 22.9 Å². The maximum Gasteiger partial charge on any atom is 0.270 e. The highest BCUT2D eigenvalue weighted by molar-refractivity contribution is 7.13. The molecular formula is C21H19ClN2O2S. The molecule has 1 amide bonds. The molecule has 27 heavy (non-hydrogen) atoms. The number of hydrogen-bond acceptors (Lipinski definition) is 4. The lowest BCUT2D eigenvalue weighted by atomic mass is 10.2. The van der Waals surface area contributed by atoms with E-state index in [1.54, 1.807) is 5.38 Å². The fourth-order valence-corrected chi connectivity index (χ4v) is 3.67. The number of nitrogens with zero attached hydrogens (tertiary/aromatic N) is 1. The second kappa shape index (κ2) is 8.11. The maximum absolute atomic E-state index is 12.1. The van der Waals surface area contributed by atoms with Crippen LogP contribution < -0.4 is 10.1 Å². The lowest BCUT2D eigenvalue weighted by molar-refractivity contribution is 0.0947. The van der Waals surface area contributed by atoms with Crippen LogP contribution in [0.1, 0.15) is 28.9 Å². The molecular weight excluding hydrogens is 380 g/mol. The zero-order valence-electron chi connectivity index (χ0n) is 14.7. The van der Waals surface area contributed by atoms with Gasteiger partial charge in [0, 0.05) is 22.5 Å². The van der Waals surface area contributed by atoms with Gasteiger partial charge in [-0.25, -0.2) is 4.98 Å². The summed E-state index contributed by atoms with van der Waals surface area (Å²) in [5.41, 5.74) is 2.47. The van der Waals surface area contributed by atoms with Gasteiger partial charge in [-0.05, 0) is 60.7 Å². The summed E-state index contributed by atoms with van der Waals surface area (Å²) in [5, 5.41) is 6.28. The summed E-state index contributed by atoms with van der Waals surface area (Å²) in [7, 11) is 0. The predicted octanol–water partition coefficient (Wildman–Crippen LogP) is 5.18. The molecule has 3 aromatic rings. The molecule has 1 aliphatic carbocycles. The van der Waals surface area contributed by atoms with E-state index in [4.69, 9.17) is 16.3 Å². The van der Waals surface area contributed by atoms with Gasteiger partial charge in [0.2, 0.25) is 0 Å². The Labute approximate surface area is 167 Å². The quantitative estimate of drug-likeness (QED) is 0.596. The van der Waals surface area contributed by atoms with E-state index in [9.17, 15) is 4.79 Å². The molecule has 4 rings (SSSR count). The number of ether oxygens (including phenoxy) is 1. The molecule has 0 atom stereocenters. The first-order chi connectivity index (χ1) is 13.2. The summed E-state index contributed by atoms with van der Waals surface area (Å²) < 4.78 is 5.80. The molecule has 0 saturated heterocycles. The zero-order valence-corrected chi connectivity index (χ0v) is 16.2. The number of hydrogen-bond donors (Lipinski definition) is 1. The Balaban J connectivity index is 1.36. The van der Waals surface area contributed by atoms with Crippen molar-refractivity contribution in [2.24, 2.45) is 5.92 Å². The number of amides is 1. The molecule has 1 heterocycles. The summed E-state index contributed by atoms with van der Waals surface area (Å²) in [6.07, 6.45) is 2.43. The third-order valence-corrected chi connectivity index (χ3v) is 5.51. The van der Waals surface area contributed by atoms with E-state index in [0.717, 1.165) is 28.4 Å². The van der Waals surface area contributed by atoms with Gasteiger partial charge in [0.1, 0.15) is 23.1 Å². The molecule has 0 spiro atoms. The third kappa shape index (κ3) is 4.87. The van der Waals surface area contributed by atoms with Crippen LogP contribution in [0.5, 0.6) is 5.75 Å². The zero-order chi connectivity index (χ0) is 18.6. The molecule has 1 aromatic heterocycles. The monoisotopic (exact) mass is 398 g/mol. The van der Waals surface area contributed by atoms with E-state index in [0.29, 0.717) is 23.2 Å². The number of halogens is 1. The highest BCUT2D eigenvalue weighted by atomic mass is 35.5. The summed E-state index contributed by atoms with van der Waals surface area (Å²) in [4.78, 5) is 16.6. The minimum Gasteiger partial charge on any atom is -0.489 e. The number of rotatable bonds is 7.